The molecule has 0 aliphatic heterocycles. The van der Waals surface area contributed by atoms with Crippen molar-refractivity contribution in [1.29, 1.82) is 0 Å². The molecule has 0 atom stereocenters. The van der Waals surface area contributed by atoms with Gasteiger partial charge in [0, 0.05) is 4.65 Å². The first-order valence-corrected chi connectivity index (χ1v) is 11.0. The minimum atomic E-state index is -0.340. The lowest BCUT2D eigenvalue weighted by atomic mass is 10.3. The molecule has 0 heterocycles. The molecule has 3 heteroatoms. The van der Waals surface area contributed by atoms with E-state index in [1.54, 1.807) is 6.92 Å². The Hall–Kier alpha value is 0.735. The van der Waals surface area contributed by atoms with Crippen molar-refractivity contribution in [2.45, 2.75) is 64.3 Å². The van der Waals surface area contributed by atoms with Crippen molar-refractivity contribution in [2.24, 2.45) is 17.8 Å². The molecule has 0 radical (unpaired) electrons. The van der Waals surface area contributed by atoms with Crippen molar-refractivity contribution >= 4 is 35.1 Å². The Labute approximate surface area is 122 Å². The molecule has 100 valence electrons. The number of hydrogen-bond acceptors (Lipinski definition) is 1. The summed E-state index contributed by atoms with van der Waals surface area (Å²) in [6.07, 6.45) is 0. The third kappa shape index (κ3) is 26.4. The van der Waals surface area contributed by atoms with Gasteiger partial charge in [0.15, 0.2) is 0 Å². The second kappa shape index (κ2) is 13.2. The van der Waals surface area contributed by atoms with Crippen LogP contribution in [0.1, 0.15) is 48.5 Å². The van der Waals surface area contributed by atoms with E-state index in [2.05, 4.69) is 41.5 Å². The average molecular weight is 270 g/mol. The van der Waals surface area contributed by atoms with Crippen molar-refractivity contribution in [1.82, 2.24) is 0 Å². The monoisotopic (exact) mass is 270 g/mol. The van der Waals surface area contributed by atoms with Crippen LogP contribution in [0, 0.1) is 17.8 Å². The summed E-state index contributed by atoms with van der Waals surface area (Å²) < 4.78 is 0.443. The van der Waals surface area contributed by atoms with E-state index >= 15 is 0 Å². The van der Waals surface area contributed by atoms with Gasteiger partial charge in [-0.1, -0.05) is 75.1 Å². The molecule has 0 unspecified atom stereocenters. The van der Waals surface area contributed by atoms with Gasteiger partial charge in [-0.25, -0.2) is 0 Å². The normalized spacial score (nSPS) is 10.2. The number of carbonyl (C=O) groups excluding carboxylic acids is 1. The summed E-state index contributed by atoms with van der Waals surface area (Å²) in [5.74, 6) is 2.64. The van der Waals surface area contributed by atoms with Crippen LogP contribution in [0.2, 0.25) is 15.8 Å². The molecular formula is C14H32Al2O. The Balaban J connectivity index is 0. The highest BCUT2D eigenvalue weighted by molar-refractivity contribution is 6.73. The Morgan fingerprint density at radius 1 is 0.824 bits per heavy atom. The van der Waals surface area contributed by atoms with Crippen LogP contribution >= 0.6 is 0 Å². The van der Waals surface area contributed by atoms with Crippen LogP contribution in [0.4, 0.5) is 0 Å². The SMILES string of the molecule is CC(C)[CH2][AlH][CH2]C(C)C.C[C](=O)[AlH][CH2]C(C)C. The van der Waals surface area contributed by atoms with Crippen molar-refractivity contribution in [2.75, 3.05) is 0 Å². The topological polar surface area (TPSA) is 17.1 Å². The summed E-state index contributed by atoms with van der Waals surface area (Å²) in [5, 5.41) is 4.26. The van der Waals surface area contributed by atoms with Gasteiger partial charge >= 0.3 is 15.2 Å². The Morgan fingerprint density at radius 3 is 1.35 bits per heavy atom. The maximum absolute atomic E-state index is 10.4. The van der Waals surface area contributed by atoms with E-state index in [1.165, 1.54) is 15.8 Å². The number of hydrogen-bond donors (Lipinski definition) is 0. The van der Waals surface area contributed by atoms with E-state index in [4.69, 9.17) is 0 Å². The summed E-state index contributed by atoms with van der Waals surface area (Å²) in [5.41, 5.74) is 0. The van der Waals surface area contributed by atoms with Crippen LogP contribution in [-0.4, -0.2) is 35.1 Å². The fourth-order valence-electron chi connectivity index (χ4n) is 1.43. The molecule has 17 heavy (non-hydrogen) atoms. The molecule has 0 amide bonds. The van der Waals surface area contributed by atoms with Crippen LogP contribution in [-0.2, 0) is 4.79 Å². The molecular weight excluding hydrogens is 238 g/mol. The largest absolute Gasteiger partial charge is 0.342 e. The van der Waals surface area contributed by atoms with Crippen molar-refractivity contribution < 1.29 is 4.79 Å². The van der Waals surface area contributed by atoms with E-state index in [9.17, 15) is 4.79 Å². The van der Waals surface area contributed by atoms with E-state index in [0.717, 1.165) is 17.8 Å². The van der Waals surface area contributed by atoms with E-state index in [0.29, 0.717) is 19.9 Å². The van der Waals surface area contributed by atoms with Gasteiger partial charge in [0.05, 0.1) is 0 Å². The molecule has 0 aliphatic rings. The van der Waals surface area contributed by atoms with Crippen molar-refractivity contribution in [3.8, 4) is 0 Å². The number of rotatable bonds is 7. The average Bonchev–Trinajstić information content (AvgIpc) is 2.14. The lowest BCUT2D eigenvalue weighted by molar-refractivity contribution is -0.110. The molecule has 0 fully saturated rings. The van der Waals surface area contributed by atoms with Crippen LogP contribution < -0.4 is 0 Å². The maximum Gasteiger partial charge on any atom is 0.342 e. The molecule has 0 aliphatic carbocycles. The second-order valence-corrected chi connectivity index (χ2v) is 10.3. The van der Waals surface area contributed by atoms with E-state index in [1.807, 2.05) is 0 Å². The molecule has 1 nitrogen and oxygen atoms in total. The summed E-state index contributed by atoms with van der Waals surface area (Å²) in [6, 6.07) is 0. The van der Waals surface area contributed by atoms with Crippen molar-refractivity contribution in [3.05, 3.63) is 0 Å². The zero-order chi connectivity index (χ0) is 13.8. The third-order valence-electron chi connectivity index (χ3n) is 2.64. The van der Waals surface area contributed by atoms with Gasteiger partial charge in [-0.05, 0) is 6.92 Å². The Morgan fingerprint density at radius 2 is 1.18 bits per heavy atom. The second-order valence-electron chi connectivity index (χ2n) is 6.35. The van der Waals surface area contributed by atoms with Gasteiger partial charge < -0.3 is 4.79 Å². The summed E-state index contributed by atoms with van der Waals surface area (Å²) in [7, 11) is 0. The van der Waals surface area contributed by atoms with Gasteiger partial charge in [-0.2, -0.15) is 0 Å². The molecule has 0 N–H and O–H groups in total. The highest BCUT2D eigenvalue weighted by atomic mass is 27.1. The first-order valence-electron chi connectivity index (χ1n) is 7.25. The van der Waals surface area contributed by atoms with Crippen LogP contribution in [0.3, 0.4) is 0 Å². The van der Waals surface area contributed by atoms with Gasteiger partial charge in [-0.15, -0.1) is 0 Å². The molecule has 0 aromatic carbocycles. The lowest BCUT2D eigenvalue weighted by Crippen LogP contribution is -2.05. The fraction of sp³-hybridized carbons (Fsp3) is 0.929. The first-order chi connectivity index (χ1) is 7.75. The molecule has 0 rings (SSSR count). The van der Waals surface area contributed by atoms with Crippen LogP contribution in [0.15, 0.2) is 0 Å². The molecule has 0 aromatic rings. The summed E-state index contributed by atoms with van der Waals surface area (Å²) in [4.78, 5) is 10.4. The predicted molar refractivity (Wildman–Crippen MR) is 83.9 cm³/mol. The molecule has 0 aromatic heterocycles. The summed E-state index contributed by atoms with van der Waals surface area (Å²) in [6.45, 7) is 15.3. The van der Waals surface area contributed by atoms with Gasteiger partial charge in [0.2, 0.25) is 15.2 Å². The maximum atomic E-state index is 10.4. The lowest BCUT2D eigenvalue weighted by Gasteiger charge is -2.03. The Bertz CT molecular complexity index is 169. The highest BCUT2D eigenvalue weighted by Crippen LogP contribution is 2.05. The van der Waals surface area contributed by atoms with Gasteiger partial charge in [0.1, 0.15) is 0 Å². The minimum Gasteiger partial charge on any atom is -0.322 e. The molecule has 0 saturated carbocycles. The van der Waals surface area contributed by atoms with Crippen molar-refractivity contribution in [3.63, 3.8) is 0 Å². The standard InChI is InChI=1S/3C4H9.C2H3O.2Al.2H/c3*1-4(2)3;1-2-3;;;;/h3*4H,1H2,2-3H3;1H3;;;;. The zero-order valence-electron chi connectivity index (χ0n) is 13.2. The van der Waals surface area contributed by atoms with Crippen LogP contribution in [0.25, 0.3) is 0 Å². The minimum absolute atomic E-state index is 0.316. The molecule has 0 bridgehead atoms. The Kier molecular flexibility index (Phi) is 15.5. The molecule has 0 saturated heterocycles. The summed E-state index contributed by atoms with van der Waals surface area (Å²) >= 11 is -0.0239. The fourth-order valence-corrected chi connectivity index (χ4v) is 4.28. The zero-order valence-corrected chi connectivity index (χ0v) is 16.0. The van der Waals surface area contributed by atoms with Crippen LogP contribution in [0.5, 0.6) is 0 Å². The number of carbonyl (C=O) groups is 1. The predicted octanol–water partition coefficient (Wildman–Crippen LogP) is 3.62. The quantitative estimate of drug-likeness (QED) is 0.646. The first kappa shape index (κ1) is 20.1. The third-order valence-corrected chi connectivity index (χ3v) is 7.91. The van der Waals surface area contributed by atoms with Gasteiger partial charge in [-0.3, -0.25) is 0 Å². The molecule has 0 spiro atoms. The highest BCUT2D eigenvalue weighted by Gasteiger charge is 2.01. The van der Waals surface area contributed by atoms with Gasteiger partial charge in [0.25, 0.3) is 0 Å². The van der Waals surface area contributed by atoms with E-state index in [-0.39, 0.29) is 15.2 Å². The van der Waals surface area contributed by atoms with E-state index < -0.39 is 0 Å². The smallest absolute Gasteiger partial charge is 0.322 e.